The molecule has 0 spiro atoms. The maximum absolute atomic E-state index is 14.2. The lowest BCUT2D eigenvalue weighted by Crippen LogP contribution is -2.47. The van der Waals surface area contributed by atoms with Gasteiger partial charge in [0.25, 0.3) is 5.56 Å². The Morgan fingerprint density at radius 2 is 2.00 bits per heavy atom. The van der Waals surface area contributed by atoms with Crippen LogP contribution in [0.2, 0.25) is 0 Å². The molecule has 144 valence electrons. The number of rotatable bonds is 3. The molecular weight excluding hydrogens is 359 g/mol. The van der Waals surface area contributed by atoms with Crippen LogP contribution in [-0.2, 0) is 11.8 Å². The first-order valence-electron chi connectivity index (χ1n) is 9.15. The first kappa shape index (κ1) is 18.3. The minimum absolute atomic E-state index is 0.0237. The quantitative estimate of drug-likeness (QED) is 0.699. The summed E-state index contributed by atoms with van der Waals surface area (Å²) in [5, 5.41) is 0. The van der Waals surface area contributed by atoms with E-state index < -0.39 is 5.82 Å². The predicted molar refractivity (Wildman–Crippen MR) is 105 cm³/mol. The number of halogens is 1. The summed E-state index contributed by atoms with van der Waals surface area (Å²) in [6.45, 7) is 3.07. The smallest absolute Gasteiger partial charge is 0.255 e. The van der Waals surface area contributed by atoms with Gasteiger partial charge in [0, 0.05) is 24.9 Å². The van der Waals surface area contributed by atoms with Crippen LogP contribution in [0.5, 0.6) is 0 Å². The standard InChI is InChI=1S/C21H21FN4O2/c1-14-13-28-19(15-6-4-3-5-7-15)12-26(14)21-24-18(10-20(27)25(21)2)16-8-9-23-11-17(16)22/h3-11,14,19H,12-13H2,1-2H3/t14-,19-/m1/s1. The Hall–Kier alpha value is -3.06. The SMILES string of the molecule is C[C@@H]1CO[C@@H](c2ccccc2)CN1c1nc(-c2ccncc2F)cc(=O)n1C. The second-order valence-electron chi connectivity index (χ2n) is 6.93. The second kappa shape index (κ2) is 7.52. The van der Waals surface area contributed by atoms with Gasteiger partial charge in [0.2, 0.25) is 5.95 Å². The highest BCUT2D eigenvalue weighted by atomic mass is 19.1. The lowest BCUT2D eigenvalue weighted by atomic mass is 10.1. The van der Waals surface area contributed by atoms with E-state index in [4.69, 9.17) is 4.74 Å². The summed E-state index contributed by atoms with van der Waals surface area (Å²) in [5.41, 5.74) is 1.38. The number of aromatic nitrogens is 3. The number of anilines is 1. The van der Waals surface area contributed by atoms with Crippen molar-refractivity contribution < 1.29 is 9.13 Å². The van der Waals surface area contributed by atoms with E-state index in [-0.39, 0.29) is 23.3 Å². The molecule has 1 aromatic carbocycles. The van der Waals surface area contributed by atoms with Gasteiger partial charge in [-0.3, -0.25) is 14.3 Å². The van der Waals surface area contributed by atoms with Gasteiger partial charge in [0.1, 0.15) is 6.10 Å². The Bertz CT molecular complexity index is 1040. The minimum Gasteiger partial charge on any atom is -0.370 e. The highest BCUT2D eigenvalue weighted by molar-refractivity contribution is 5.60. The number of hydrogen-bond acceptors (Lipinski definition) is 5. The van der Waals surface area contributed by atoms with Gasteiger partial charge in [-0.1, -0.05) is 30.3 Å². The van der Waals surface area contributed by atoms with E-state index in [0.29, 0.717) is 24.8 Å². The molecule has 7 heteroatoms. The summed E-state index contributed by atoms with van der Waals surface area (Å²) < 4.78 is 21.7. The molecule has 0 unspecified atom stereocenters. The fourth-order valence-corrected chi connectivity index (χ4v) is 3.41. The lowest BCUT2D eigenvalue weighted by molar-refractivity contribution is 0.0206. The van der Waals surface area contributed by atoms with E-state index in [1.54, 1.807) is 7.05 Å². The lowest BCUT2D eigenvalue weighted by Gasteiger charge is -2.39. The van der Waals surface area contributed by atoms with Gasteiger partial charge in [-0.25, -0.2) is 9.37 Å². The average Bonchev–Trinajstić information content (AvgIpc) is 2.72. The van der Waals surface area contributed by atoms with E-state index in [2.05, 4.69) is 9.97 Å². The molecule has 1 saturated heterocycles. The molecule has 0 N–H and O–H groups in total. The van der Waals surface area contributed by atoms with E-state index in [9.17, 15) is 9.18 Å². The van der Waals surface area contributed by atoms with Crippen LogP contribution in [-0.4, -0.2) is 33.7 Å². The minimum atomic E-state index is -0.508. The van der Waals surface area contributed by atoms with Gasteiger partial charge >= 0.3 is 0 Å². The highest BCUT2D eigenvalue weighted by Crippen LogP contribution is 2.29. The van der Waals surface area contributed by atoms with Gasteiger partial charge in [0.15, 0.2) is 5.82 Å². The molecule has 0 radical (unpaired) electrons. The van der Waals surface area contributed by atoms with Gasteiger partial charge in [0.05, 0.1) is 31.1 Å². The van der Waals surface area contributed by atoms with Crippen molar-refractivity contribution in [3.63, 3.8) is 0 Å². The predicted octanol–water partition coefficient (Wildman–Crippen LogP) is 2.95. The van der Waals surface area contributed by atoms with Crippen molar-refractivity contribution in [1.82, 2.24) is 14.5 Å². The zero-order valence-electron chi connectivity index (χ0n) is 15.7. The van der Waals surface area contributed by atoms with Gasteiger partial charge in [-0.05, 0) is 18.6 Å². The van der Waals surface area contributed by atoms with Crippen LogP contribution in [0, 0.1) is 5.82 Å². The number of morpholine rings is 1. The Morgan fingerprint density at radius 1 is 1.21 bits per heavy atom. The number of benzene rings is 1. The summed E-state index contributed by atoms with van der Waals surface area (Å²) in [4.78, 5) is 23.0. The molecule has 3 aromatic rings. The third-order valence-corrected chi connectivity index (χ3v) is 5.02. The Labute approximate surface area is 162 Å². The van der Waals surface area contributed by atoms with Crippen molar-refractivity contribution in [3.8, 4) is 11.3 Å². The average molecular weight is 380 g/mol. The molecule has 2 atom stereocenters. The van der Waals surface area contributed by atoms with Crippen molar-refractivity contribution in [2.75, 3.05) is 18.1 Å². The normalized spacial score (nSPS) is 19.6. The highest BCUT2D eigenvalue weighted by Gasteiger charge is 2.30. The van der Waals surface area contributed by atoms with E-state index in [1.165, 1.54) is 22.9 Å². The number of hydrogen-bond donors (Lipinski definition) is 0. The van der Waals surface area contributed by atoms with Crippen molar-refractivity contribution in [3.05, 3.63) is 76.6 Å². The van der Waals surface area contributed by atoms with Crippen LogP contribution >= 0.6 is 0 Å². The fraction of sp³-hybridized carbons (Fsp3) is 0.286. The third-order valence-electron chi connectivity index (χ3n) is 5.02. The Balaban J connectivity index is 1.75. The van der Waals surface area contributed by atoms with Crippen molar-refractivity contribution in [1.29, 1.82) is 0 Å². The zero-order chi connectivity index (χ0) is 19.7. The molecule has 4 rings (SSSR count). The van der Waals surface area contributed by atoms with Crippen molar-refractivity contribution in [2.45, 2.75) is 19.1 Å². The number of nitrogens with zero attached hydrogens (tertiary/aromatic N) is 4. The number of pyridine rings is 1. The van der Waals surface area contributed by atoms with Gasteiger partial charge < -0.3 is 9.64 Å². The molecular formula is C21H21FN4O2. The van der Waals surface area contributed by atoms with E-state index in [0.717, 1.165) is 11.8 Å². The maximum Gasteiger partial charge on any atom is 0.255 e. The molecule has 2 aromatic heterocycles. The van der Waals surface area contributed by atoms with Crippen LogP contribution in [0.1, 0.15) is 18.6 Å². The Morgan fingerprint density at radius 3 is 2.75 bits per heavy atom. The fourth-order valence-electron chi connectivity index (χ4n) is 3.41. The molecule has 1 aliphatic rings. The largest absolute Gasteiger partial charge is 0.370 e. The van der Waals surface area contributed by atoms with Crippen LogP contribution in [0.15, 0.2) is 59.7 Å². The van der Waals surface area contributed by atoms with Crippen molar-refractivity contribution in [2.24, 2.45) is 7.05 Å². The molecule has 6 nitrogen and oxygen atoms in total. The van der Waals surface area contributed by atoms with Crippen molar-refractivity contribution >= 4 is 5.95 Å². The molecule has 0 saturated carbocycles. The van der Waals surface area contributed by atoms with Gasteiger partial charge in [-0.2, -0.15) is 0 Å². The Kier molecular flexibility index (Phi) is 4.92. The van der Waals surface area contributed by atoms with Crippen LogP contribution in [0.3, 0.4) is 0 Å². The number of ether oxygens (including phenoxy) is 1. The first-order valence-corrected chi connectivity index (χ1v) is 9.15. The molecule has 1 fully saturated rings. The van der Waals surface area contributed by atoms with Crippen LogP contribution in [0.4, 0.5) is 10.3 Å². The monoisotopic (exact) mass is 380 g/mol. The van der Waals surface area contributed by atoms with Crippen LogP contribution < -0.4 is 10.5 Å². The van der Waals surface area contributed by atoms with E-state index in [1.807, 2.05) is 42.2 Å². The summed E-state index contributed by atoms with van der Waals surface area (Å²) in [6.07, 6.45) is 2.48. The molecule has 3 heterocycles. The first-order chi connectivity index (χ1) is 13.5. The summed E-state index contributed by atoms with van der Waals surface area (Å²) in [7, 11) is 1.68. The molecule has 0 amide bonds. The second-order valence-corrected chi connectivity index (χ2v) is 6.93. The molecule has 0 bridgehead atoms. The van der Waals surface area contributed by atoms with Gasteiger partial charge in [-0.15, -0.1) is 0 Å². The van der Waals surface area contributed by atoms with E-state index >= 15 is 0 Å². The van der Waals surface area contributed by atoms with Crippen LogP contribution in [0.25, 0.3) is 11.3 Å². The summed E-state index contributed by atoms with van der Waals surface area (Å²) in [5.74, 6) is -0.0122. The third kappa shape index (κ3) is 3.41. The molecule has 28 heavy (non-hydrogen) atoms. The summed E-state index contributed by atoms with van der Waals surface area (Å²) in [6, 6.07) is 12.9. The zero-order valence-corrected chi connectivity index (χ0v) is 15.7. The molecule has 1 aliphatic heterocycles. The maximum atomic E-state index is 14.2. The molecule has 0 aliphatic carbocycles. The summed E-state index contributed by atoms with van der Waals surface area (Å²) >= 11 is 0. The topological polar surface area (TPSA) is 60.2 Å².